The maximum absolute atomic E-state index is 13.8. The number of aromatic nitrogens is 1. The van der Waals surface area contributed by atoms with Gasteiger partial charge in [0.2, 0.25) is 0 Å². The molecule has 0 saturated carbocycles. The number of benzene rings is 1. The Balaban J connectivity index is 0.00000225. The van der Waals surface area contributed by atoms with Gasteiger partial charge in [0, 0.05) is 31.7 Å². The molecule has 0 unspecified atom stereocenters. The predicted octanol–water partition coefficient (Wildman–Crippen LogP) is 3.69. The molecule has 1 aromatic heterocycles. The van der Waals surface area contributed by atoms with Gasteiger partial charge in [-0.3, -0.25) is 4.79 Å². The molecule has 0 radical (unpaired) electrons. The van der Waals surface area contributed by atoms with Gasteiger partial charge >= 0.3 is 0 Å². The Bertz CT molecular complexity index is 785. The van der Waals surface area contributed by atoms with Gasteiger partial charge in [-0.15, -0.1) is 12.4 Å². The van der Waals surface area contributed by atoms with Gasteiger partial charge < -0.3 is 14.6 Å². The van der Waals surface area contributed by atoms with E-state index in [2.05, 4.69) is 5.32 Å². The minimum absolute atomic E-state index is 0. The third-order valence-corrected chi connectivity index (χ3v) is 4.68. The van der Waals surface area contributed by atoms with E-state index < -0.39 is 5.82 Å². The summed E-state index contributed by atoms with van der Waals surface area (Å²) in [6.07, 6.45) is 1.36. The smallest absolute Gasteiger partial charge is 0.269 e. The summed E-state index contributed by atoms with van der Waals surface area (Å²) in [5.74, 6) is -0.530. The monoisotopic (exact) mass is 406 g/mol. The topological polar surface area (TPSA) is 43.3 Å². The molecule has 25 heavy (non-hydrogen) atoms. The van der Waals surface area contributed by atoms with Gasteiger partial charge in [0.15, 0.2) is 0 Å². The molecule has 1 N–H and O–H groups in total. The summed E-state index contributed by atoms with van der Waals surface area (Å²) < 4.78 is 21.3. The highest BCUT2D eigenvalue weighted by atomic mass is 35.5. The van der Waals surface area contributed by atoms with E-state index in [1.54, 1.807) is 29.0 Å². The lowest BCUT2D eigenvalue weighted by Gasteiger charge is -2.26. The fraction of sp³-hybridized carbons (Fsp3) is 0.353. The van der Waals surface area contributed by atoms with Gasteiger partial charge in [0.25, 0.3) is 5.56 Å². The highest BCUT2D eigenvalue weighted by molar-refractivity contribution is 6.30. The van der Waals surface area contributed by atoms with E-state index in [9.17, 15) is 9.18 Å². The molecular formula is C17H18Cl3FN2O2. The van der Waals surface area contributed by atoms with Crippen molar-refractivity contribution < 1.29 is 9.13 Å². The lowest BCUT2D eigenvalue weighted by atomic mass is 9.95. The molecule has 2 aromatic rings. The molecule has 1 aliphatic heterocycles. The SMILES string of the molecule is Cl.O=c1c(Cl)cccn1C[C@@H]1CNCCO[C@H]1c1ccc(Cl)c(F)c1. The summed E-state index contributed by atoms with van der Waals surface area (Å²) in [4.78, 5) is 12.2. The maximum atomic E-state index is 13.8. The van der Waals surface area contributed by atoms with Gasteiger partial charge in [-0.2, -0.15) is 0 Å². The first kappa shape index (κ1) is 20.2. The summed E-state index contributed by atoms with van der Waals surface area (Å²) >= 11 is 11.7. The zero-order chi connectivity index (χ0) is 17.1. The highest BCUT2D eigenvalue weighted by Crippen LogP contribution is 2.30. The van der Waals surface area contributed by atoms with E-state index in [0.29, 0.717) is 31.8 Å². The number of rotatable bonds is 3. The minimum Gasteiger partial charge on any atom is -0.372 e. The van der Waals surface area contributed by atoms with Crippen LogP contribution in [0.1, 0.15) is 11.7 Å². The van der Waals surface area contributed by atoms with Crippen molar-refractivity contribution in [3.05, 3.63) is 68.3 Å². The van der Waals surface area contributed by atoms with Crippen LogP contribution in [0.4, 0.5) is 4.39 Å². The summed E-state index contributed by atoms with van der Waals surface area (Å²) in [5.41, 5.74) is 0.463. The van der Waals surface area contributed by atoms with Crippen molar-refractivity contribution in [1.82, 2.24) is 9.88 Å². The largest absolute Gasteiger partial charge is 0.372 e. The van der Waals surface area contributed by atoms with Crippen LogP contribution in [0.5, 0.6) is 0 Å². The third-order valence-electron chi connectivity index (χ3n) is 4.09. The van der Waals surface area contributed by atoms with Crippen LogP contribution in [-0.2, 0) is 11.3 Å². The van der Waals surface area contributed by atoms with Crippen molar-refractivity contribution in [2.75, 3.05) is 19.7 Å². The van der Waals surface area contributed by atoms with Gasteiger partial charge in [-0.25, -0.2) is 4.39 Å². The minimum atomic E-state index is -0.478. The van der Waals surface area contributed by atoms with Crippen molar-refractivity contribution >= 4 is 35.6 Å². The number of pyridine rings is 1. The van der Waals surface area contributed by atoms with Gasteiger partial charge in [-0.1, -0.05) is 29.3 Å². The fourth-order valence-corrected chi connectivity index (χ4v) is 3.21. The Kier molecular flexibility index (Phi) is 7.28. The predicted molar refractivity (Wildman–Crippen MR) is 99.4 cm³/mol. The Hall–Kier alpha value is -1.11. The first-order chi connectivity index (χ1) is 11.6. The Morgan fingerprint density at radius 2 is 2.08 bits per heavy atom. The van der Waals surface area contributed by atoms with Crippen LogP contribution >= 0.6 is 35.6 Å². The summed E-state index contributed by atoms with van der Waals surface area (Å²) in [6.45, 7) is 2.28. The van der Waals surface area contributed by atoms with E-state index in [1.165, 1.54) is 12.1 Å². The molecule has 2 heterocycles. The second kappa shape index (κ2) is 9.01. The molecule has 0 aliphatic carbocycles. The second-order valence-corrected chi connectivity index (χ2v) is 6.56. The van der Waals surface area contributed by atoms with Crippen molar-refractivity contribution in [2.24, 2.45) is 5.92 Å². The average molecular weight is 408 g/mol. The number of hydrogen-bond donors (Lipinski definition) is 1. The lowest BCUT2D eigenvalue weighted by Crippen LogP contribution is -2.32. The first-order valence-electron chi connectivity index (χ1n) is 7.68. The quantitative estimate of drug-likeness (QED) is 0.844. The van der Waals surface area contributed by atoms with Crippen molar-refractivity contribution in [3.8, 4) is 0 Å². The molecule has 1 aliphatic rings. The van der Waals surface area contributed by atoms with Gasteiger partial charge in [-0.05, 0) is 29.8 Å². The summed E-state index contributed by atoms with van der Waals surface area (Å²) in [6, 6.07) is 7.97. The maximum Gasteiger partial charge on any atom is 0.269 e. The average Bonchev–Trinajstić information content (AvgIpc) is 2.80. The Morgan fingerprint density at radius 3 is 2.84 bits per heavy atom. The number of halogens is 4. The number of ether oxygens (including phenoxy) is 1. The first-order valence-corrected chi connectivity index (χ1v) is 8.44. The molecule has 0 bridgehead atoms. The van der Waals surface area contributed by atoms with E-state index in [1.807, 2.05) is 0 Å². The van der Waals surface area contributed by atoms with Crippen LogP contribution in [-0.4, -0.2) is 24.3 Å². The normalized spacial score (nSPS) is 20.6. The van der Waals surface area contributed by atoms with E-state index >= 15 is 0 Å². The highest BCUT2D eigenvalue weighted by Gasteiger charge is 2.27. The number of hydrogen-bond acceptors (Lipinski definition) is 3. The summed E-state index contributed by atoms with van der Waals surface area (Å²) in [5, 5.41) is 3.54. The number of nitrogens with zero attached hydrogens (tertiary/aromatic N) is 1. The lowest BCUT2D eigenvalue weighted by molar-refractivity contribution is 0.0249. The molecule has 2 atom stereocenters. The van der Waals surface area contributed by atoms with Crippen LogP contribution in [0.25, 0.3) is 0 Å². The molecule has 3 rings (SSSR count). The third kappa shape index (κ3) is 4.74. The zero-order valence-electron chi connectivity index (χ0n) is 13.3. The standard InChI is InChI=1S/C17H17Cl2FN2O2.ClH/c18-13-4-3-11(8-15(13)20)16-12(9-21-5-7-24-16)10-22-6-1-2-14(19)17(22)23;/h1-4,6,8,12,16,21H,5,7,9-10H2;1H/t12-,16-;/m0./s1. The van der Waals surface area contributed by atoms with Crippen molar-refractivity contribution in [1.29, 1.82) is 0 Å². The van der Waals surface area contributed by atoms with E-state index in [0.717, 1.165) is 0 Å². The van der Waals surface area contributed by atoms with Crippen LogP contribution in [0.15, 0.2) is 41.3 Å². The molecule has 1 aromatic carbocycles. The number of nitrogens with one attached hydrogen (secondary N) is 1. The molecule has 0 amide bonds. The van der Waals surface area contributed by atoms with Gasteiger partial charge in [0.1, 0.15) is 10.8 Å². The Morgan fingerprint density at radius 1 is 1.28 bits per heavy atom. The zero-order valence-corrected chi connectivity index (χ0v) is 15.6. The second-order valence-electron chi connectivity index (χ2n) is 5.74. The molecule has 4 nitrogen and oxygen atoms in total. The van der Waals surface area contributed by atoms with E-state index in [-0.39, 0.29) is 40.0 Å². The molecular weight excluding hydrogens is 390 g/mol. The van der Waals surface area contributed by atoms with Crippen LogP contribution in [0.3, 0.4) is 0 Å². The molecule has 136 valence electrons. The molecule has 1 saturated heterocycles. The van der Waals surface area contributed by atoms with Crippen LogP contribution < -0.4 is 10.9 Å². The Labute approximate surface area is 161 Å². The molecule has 0 spiro atoms. The molecule has 1 fully saturated rings. The fourth-order valence-electron chi connectivity index (χ4n) is 2.91. The van der Waals surface area contributed by atoms with Crippen LogP contribution in [0, 0.1) is 11.7 Å². The van der Waals surface area contributed by atoms with Crippen LogP contribution in [0.2, 0.25) is 10.0 Å². The van der Waals surface area contributed by atoms with Gasteiger partial charge in [0.05, 0.1) is 17.7 Å². The van der Waals surface area contributed by atoms with E-state index in [4.69, 9.17) is 27.9 Å². The summed E-state index contributed by atoms with van der Waals surface area (Å²) in [7, 11) is 0. The van der Waals surface area contributed by atoms with Crippen molar-refractivity contribution in [3.63, 3.8) is 0 Å². The molecule has 8 heteroatoms. The van der Waals surface area contributed by atoms with Crippen molar-refractivity contribution in [2.45, 2.75) is 12.6 Å².